The first-order valence-corrected chi connectivity index (χ1v) is 7.91. The number of benzene rings is 1. The molecular formula is C13H17BrF3NOS. The van der Waals surface area contributed by atoms with Crippen LogP contribution in [0, 0.1) is 0 Å². The largest absolute Gasteiger partial charge is 0.598 e. The van der Waals surface area contributed by atoms with Crippen LogP contribution in [0.3, 0.4) is 0 Å². The molecule has 20 heavy (non-hydrogen) atoms. The van der Waals surface area contributed by atoms with Gasteiger partial charge in [0.15, 0.2) is 0 Å². The number of nitrogens with one attached hydrogen (secondary N) is 1. The molecule has 7 heteroatoms. The van der Waals surface area contributed by atoms with Crippen molar-refractivity contribution in [3.05, 3.63) is 33.8 Å². The lowest BCUT2D eigenvalue weighted by Crippen LogP contribution is -2.40. The molecule has 0 spiro atoms. The van der Waals surface area contributed by atoms with Crippen LogP contribution in [0.25, 0.3) is 0 Å². The quantitative estimate of drug-likeness (QED) is 0.789. The summed E-state index contributed by atoms with van der Waals surface area (Å²) in [5, 5.41) is 0. The fourth-order valence-corrected chi connectivity index (χ4v) is 2.75. The van der Waals surface area contributed by atoms with Crippen LogP contribution in [-0.2, 0) is 17.5 Å². The molecule has 0 saturated carbocycles. The van der Waals surface area contributed by atoms with Crippen molar-refractivity contribution in [2.24, 2.45) is 0 Å². The van der Waals surface area contributed by atoms with Crippen LogP contribution in [0.1, 0.15) is 44.9 Å². The second kappa shape index (κ2) is 6.25. The zero-order valence-electron chi connectivity index (χ0n) is 11.6. The third-order valence-electron chi connectivity index (χ3n) is 2.59. The molecule has 0 amide bonds. The predicted octanol–water partition coefficient (Wildman–Crippen LogP) is 4.58. The Labute approximate surface area is 128 Å². The monoisotopic (exact) mass is 371 g/mol. The zero-order valence-corrected chi connectivity index (χ0v) is 14.0. The van der Waals surface area contributed by atoms with Gasteiger partial charge in [-0.3, -0.25) is 0 Å². The molecule has 0 radical (unpaired) electrons. The fourth-order valence-electron chi connectivity index (χ4n) is 1.43. The van der Waals surface area contributed by atoms with E-state index in [1.54, 1.807) is 33.8 Å². The van der Waals surface area contributed by atoms with Gasteiger partial charge in [-0.1, -0.05) is 15.9 Å². The van der Waals surface area contributed by atoms with Crippen molar-refractivity contribution in [1.82, 2.24) is 4.72 Å². The Hall–Kier alpha value is -0.240. The smallest absolute Gasteiger partial charge is 0.416 e. The van der Waals surface area contributed by atoms with E-state index in [2.05, 4.69) is 20.7 Å². The highest BCUT2D eigenvalue weighted by Gasteiger charge is 2.32. The average Bonchev–Trinajstić information content (AvgIpc) is 2.25. The molecule has 0 aliphatic rings. The lowest BCUT2D eigenvalue weighted by molar-refractivity contribution is -0.137. The van der Waals surface area contributed by atoms with E-state index in [-0.39, 0.29) is 0 Å². The molecule has 0 heterocycles. The number of hydrogen-bond acceptors (Lipinski definition) is 2. The topological polar surface area (TPSA) is 35.1 Å². The summed E-state index contributed by atoms with van der Waals surface area (Å²) in [5.74, 6) is 0. The van der Waals surface area contributed by atoms with Gasteiger partial charge in [-0.05, 0) is 51.5 Å². The molecule has 0 aromatic heterocycles. The summed E-state index contributed by atoms with van der Waals surface area (Å²) < 4.78 is 53.0. The molecule has 114 valence electrons. The summed E-state index contributed by atoms with van der Waals surface area (Å²) >= 11 is 1.73. The Balaban J connectivity index is 2.99. The molecule has 2 atom stereocenters. The summed E-state index contributed by atoms with van der Waals surface area (Å²) in [4.78, 5) is 0. The van der Waals surface area contributed by atoms with Crippen LogP contribution in [-0.4, -0.2) is 9.30 Å². The molecule has 2 nitrogen and oxygen atoms in total. The van der Waals surface area contributed by atoms with E-state index in [1.807, 2.05) is 0 Å². The van der Waals surface area contributed by atoms with Crippen molar-refractivity contribution in [2.75, 3.05) is 0 Å². The molecule has 1 aromatic rings. The Morgan fingerprint density at radius 1 is 1.20 bits per heavy atom. The van der Waals surface area contributed by atoms with Crippen molar-refractivity contribution >= 4 is 27.3 Å². The van der Waals surface area contributed by atoms with Gasteiger partial charge >= 0.3 is 6.18 Å². The first-order valence-electron chi connectivity index (χ1n) is 5.97. The molecule has 0 saturated heterocycles. The number of rotatable bonds is 3. The summed E-state index contributed by atoms with van der Waals surface area (Å²) in [6.45, 7) is 7.08. The third-order valence-corrected chi connectivity index (χ3v) is 4.73. The lowest BCUT2D eigenvalue weighted by atomic mass is 10.1. The number of halogens is 4. The second-order valence-electron chi connectivity index (χ2n) is 5.49. The van der Waals surface area contributed by atoms with E-state index in [4.69, 9.17) is 0 Å². The maximum atomic E-state index is 12.8. The minimum Gasteiger partial charge on any atom is -0.598 e. The molecule has 1 N–H and O–H groups in total. The normalized spacial score (nSPS) is 16.1. The molecule has 0 fully saturated rings. The first-order chi connectivity index (χ1) is 8.91. The Bertz CT molecular complexity index is 474. The highest BCUT2D eigenvalue weighted by molar-refractivity contribution is 9.10. The molecule has 1 rings (SSSR count). The molecule has 1 aromatic carbocycles. The Kier molecular flexibility index (Phi) is 5.57. The highest BCUT2D eigenvalue weighted by atomic mass is 79.9. The summed E-state index contributed by atoms with van der Waals surface area (Å²) in [6.07, 6.45) is -4.40. The average molecular weight is 372 g/mol. The zero-order chi connectivity index (χ0) is 15.7. The van der Waals surface area contributed by atoms with Crippen LogP contribution >= 0.6 is 15.9 Å². The molecule has 0 aliphatic heterocycles. The van der Waals surface area contributed by atoms with E-state index in [9.17, 15) is 17.7 Å². The van der Waals surface area contributed by atoms with E-state index < -0.39 is 33.9 Å². The summed E-state index contributed by atoms with van der Waals surface area (Å²) in [5.41, 5.74) is -0.290. The van der Waals surface area contributed by atoms with Gasteiger partial charge in [0.2, 0.25) is 0 Å². The summed E-state index contributed by atoms with van der Waals surface area (Å²) in [6, 6.07) is 3.24. The van der Waals surface area contributed by atoms with Gasteiger partial charge in [-0.15, -0.1) is 4.72 Å². The third kappa shape index (κ3) is 4.95. The van der Waals surface area contributed by atoms with E-state index in [0.717, 1.165) is 12.1 Å². The Morgan fingerprint density at radius 2 is 1.75 bits per heavy atom. The number of alkyl halides is 3. The van der Waals surface area contributed by atoms with Gasteiger partial charge in [-0.2, -0.15) is 13.2 Å². The van der Waals surface area contributed by atoms with Crippen LogP contribution in [0.15, 0.2) is 22.7 Å². The molecular weight excluding hydrogens is 355 g/mol. The molecule has 1 unspecified atom stereocenters. The van der Waals surface area contributed by atoms with Crippen LogP contribution in [0.4, 0.5) is 13.2 Å². The van der Waals surface area contributed by atoms with Gasteiger partial charge in [0, 0.05) is 15.8 Å². The van der Waals surface area contributed by atoms with E-state index in [0.29, 0.717) is 10.0 Å². The maximum absolute atomic E-state index is 12.8. The van der Waals surface area contributed by atoms with Crippen molar-refractivity contribution in [1.29, 1.82) is 0 Å². The lowest BCUT2D eigenvalue weighted by Gasteiger charge is -2.26. The number of hydrogen-bond donors (Lipinski definition) is 1. The maximum Gasteiger partial charge on any atom is 0.416 e. The minimum absolute atomic E-state index is 0.345. The van der Waals surface area contributed by atoms with Gasteiger partial charge < -0.3 is 4.55 Å². The van der Waals surface area contributed by atoms with Gasteiger partial charge in [0.1, 0.15) is 4.75 Å². The van der Waals surface area contributed by atoms with E-state index in [1.165, 1.54) is 0 Å². The van der Waals surface area contributed by atoms with Crippen molar-refractivity contribution in [2.45, 2.75) is 44.7 Å². The molecule has 0 aliphatic carbocycles. The van der Waals surface area contributed by atoms with Crippen LogP contribution < -0.4 is 4.72 Å². The standard InChI is InChI=1S/C13H17BrF3NOS/c1-8(18-20(19)12(2,3)4)9-5-10(13(15,16)17)7-11(14)6-9/h5-8,18H,1-4H3/t8-,20?/m0/s1. The fraction of sp³-hybridized carbons (Fsp3) is 0.538. The SMILES string of the molecule is C[C@H](N[S+]([O-])C(C)(C)C)c1cc(Br)cc(C(F)(F)F)c1. The van der Waals surface area contributed by atoms with Crippen molar-refractivity contribution < 1.29 is 17.7 Å². The van der Waals surface area contributed by atoms with Crippen molar-refractivity contribution in [3.8, 4) is 0 Å². The minimum atomic E-state index is -4.40. The van der Waals surface area contributed by atoms with Crippen molar-refractivity contribution in [3.63, 3.8) is 0 Å². The van der Waals surface area contributed by atoms with Crippen LogP contribution in [0.5, 0.6) is 0 Å². The van der Waals surface area contributed by atoms with Crippen LogP contribution in [0.2, 0.25) is 0 Å². The molecule has 0 bridgehead atoms. The van der Waals surface area contributed by atoms with Gasteiger partial charge in [0.05, 0.1) is 11.6 Å². The Morgan fingerprint density at radius 3 is 2.20 bits per heavy atom. The predicted molar refractivity (Wildman–Crippen MR) is 78.6 cm³/mol. The highest BCUT2D eigenvalue weighted by Crippen LogP contribution is 2.33. The van der Waals surface area contributed by atoms with Gasteiger partial charge in [-0.25, -0.2) is 0 Å². The summed E-state index contributed by atoms with van der Waals surface area (Å²) in [7, 11) is 0. The second-order valence-corrected chi connectivity index (χ2v) is 8.41. The first kappa shape index (κ1) is 17.8. The van der Waals surface area contributed by atoms with E-state index >= 15 is 0 Å². The van der Waals surface area contributed by atoms with Gasteiger partial charge in [0.25, 0.3) is 0 Å².